The summed E-state index contributed by atoms with van der Waals surface area (Å²) in [5, 5.41) is 7.06. The molecule has 0 spiro atoms. The summed E-state index contributed by atoms with van der Waals surface area (Å²) in [6.45, 7) is 0. The van der Waals surface area contributed by atoms with E-state index in [2.05, 4.69) is 20.4 Å². The van der Waals surface area contributed by atoms with Crippen LogP contribution in [0, 0.1) is 0 Å². The Morgan fingerprint density at radius 3 is 2.70 bits per heavy atom. The van der Waals surface area contributed by atoms with Crippen molar-refractivity contribution < 1.29 is 9.32 Å². The highest BCUT2D eigenvalue weighted by atomic mass is 16.5. The van der Waals surface area contributed by atoms with Crippen LogP contribution >= 0.6 is 0 Å². The minimum atomic E-state index is -0.508. The lowest BCUT2D eigenvalue weighted by molar-refractivity contribution is 0.0927. The standard InChI is InChI=1S/C20H21N5O2/c21-20(9-5-10-20)19-24-18(27-25-19)16(12-14-6-2-1-3-7-14)23-17(26)15-8-4-11-22-13-15/h1-4,6-8,11,13,16H,5,9-10,12,21H2,(H,23,26). The Balaban J connectivity index is 1.59. The summed E-state index contributed by atoms with van der Waals surface area (Å²) >= 11 is 0. The molecule has 1 unspecified atom stereocenters. The number of pyridine rings is 1. The van der Waals surface area contributed by atoms with Gasteiger partial charge in [0.05, 0.1) is 11.1 Å². The normalized spacial score (nSPS) is 16.3. The number of nitrogens with one attached hydrogen (secondary N) is 1. The van der Waals surface area contributed by atoms with E-state index in [1.165, 1.54) is 6.20 Å². The minimum Gasteiger partial charge on any atom is -0.340 e. The predicted octanol–water partition coefficient (Wildman–Crippen LogP) is 2.52. The fraction of sp³-hybridized carbons (Fsp3) is 0.300. The predicted molar refractivity (Wildman–Crippen MR) is 98.6 cm³/mol. The summed E-state index contributed by atoms with van der Waals surface area (Å²) in [6.07, 6.45) is 6.44. The molecule has 1 aliphatic rings. The Morgan fingerprint density at radius 2 is 2.04 bits per heavy atom. The van der Waals surface area contributed by atoms with Crippen LogP contribution in [0.5, 0.6) is 0 Å². The number of benzene rings is 1. The first-order valence-corrected chi connectivity index (χ1v) is 9.02. The zero-order chi connectivity index (χ0) is 18.7. The van der Waals surface area contributed by atoms with Crippen molar-refractivity contribution >= 4 is 5.91 Å². The van der Waals surface area contributed by atoms with E-state index in [-0.39, 0.29) is 5.91 Å². The Hall–Kier alpha value is -3.06. The van der Waals surface area contributed by atoms with Crippen LogP contribution in [-0.2, 0) is 12.0 Å². The first kappa shape index (κ1) is 17.4. The second-order valence-corrected chi connectivity index (χ2v) is 6.92. The van der Waals surface area contributed by atoms with E-state index in [9.17, 15) is 4.79 Å². The molecule has 4 rings (SSSR count). The zero-order valence-electron chi connectivity index (χ0n) is 14.8. The Labute approximate surface area is 157 Å². The van der Waals surface area contributed by atoms with E-state index in [0.717, 1.165) is 24.8 Å². The van der Waals surface area contributed by atoms with Gasteiger partial charge in [0.1, 0.15) is 6.04 Å². The second-order valence-electron chi connectivity index (χ2n) is 6.92. The molecule has 0 saturated heterocycles. The Morgan fingerprint density at radius 1 is 1.22 bits per heavy atom. The molecule has 27 heavy (non-hydrogen) atoms. The molecule has 1 aliphatic carbocycles. The summed E-state index contributed by atoms with van der Waals surface area (Å²) in [7, 11) is 0. The van der Waals surface area contributed by atoms with Crippen molar-refractivity contribution in [1.82, 2.24) is 20.4 Å². The first-order valence-electron chi connectivity index (χ1n) is 9.02. The van der Waals surface area contributed by atoms with Gasteiger partial charge >= 0.3 is 0 Å². The zero-order valence-corrected chi connectivity index (χ0v) is 14.8. The molecule has 1 atom stereocenters. The minimum absolute atomic E-state index is 0.241. The SMILES string of the molecule is NC1(c2noc(C(Cc3ccccc3)NC(=O)c3cccnc3)n2)CCC1. The van der Waals surface area contributed by atoms with Gasteiger partial charge in [-0.05, 0) is 37.0 Å². The molecular formula is C20H21N5O2. The van der Waals surface area contributed by atoms with Crippen LogP contribution in [0.3, 0.4) is 0 Å². The topological polar surface area (TPSA) is 107 Å². The fourth-order valence-electron chi connectivity index (χ4n) is 3.15. The Kier molecular flexibility index (Phi) is 4.68. The van der Waals surface area contributed by atoms with E-state index < -0.39 is 11.6 Å². The monoisotopic (exact) mass is 363 g/mol. The van der Waals surface area contributed by atoms with Gasteiger partial charge in [0.15, 0.2) is 5.82 Å². The molecule has 7 nitrogen and oxygen atoms in total. The number of rotatable bonds is 6. The van der Waals surface area contributed by atoms with Gasteiger partial charge in [-0.1, -0.05) is 35.5 Å². The van der Waals surface area contributed by atoms with Crippen molar-refractivity contribution in [3.63, 3.8) is 0 Å². The van der Waals surface area contributed by atoms with Gasteiger partial charge in [0.25, 0.3) is 5.91 Å². The first-order chi connectivity index (χ1) is 13.1. The van der Waals surface area contributed by atoms with Crippen molar-refractivity contribution in [2.75, 3.05) is 0 Å². The van der Waals surface area contributed by atoms with Gasteiger partial charge in [0, 0.05) is 18.8 Å². The molecule has 0 radical (unpaired) electrons. The molecular weight excluding hydrogens is 342 g/mol. The number of nitrogens with two attached hydrogens (primary N) is 1. The maximum absolute atomic E-state index is 12.6. The molecule has 0 aliphatic heterocycles. The smallest absolute Gasteiger partial charge is 0.253 e. The summed E-state index contributed by atoms with van der Waals surface area (Å²) in [5.74, 6) is 0.634. The van der Waals surface area contributed by atoms with E-state index in [1.54, 1.807) is 18.3 Å². The van der Waals surface area contributed by atoms with Crippen LogP contribution in [0.15, 0.2) is 59.4 Å². The highest BCUT2D eigenvalue weighted by Gasteiger charge is 2.39. The fourth-order valence-corrected chi connectivity index (χ4v) is 3.15. The lowest BCUT2D eigenvalue weighted by Crippen LogP contribution is -2.44. The molecule has 1 fully saturated rings. The van der Waals surface area contributed by atoms with Crippen molar-refractivity contribution in [1.29, 1.82) is 0 Å². The number of carbonyl (C=O) groups excluding carboxylic acids is 1. The molecule has 3 N–H and O–H groups in total. The molecule has 1 amide bonds. The largest absolute Gasteiger partial charge is 0.340 e. The van der Waals surface area contributed by atoms with Crippen LogP contribution in [0.25, 0.3) is 0 Å². The van der Waals surface area contributed by atoms with E-state index in [1.807, 2.05) is 30.3 Å². The lowest BCUT2D eigenvalue weighted by Gasteiger charge is -2.34. The number of hydrogen-bond acceptors (Lipinski definition) is 6. The molecule has 1 saturated carbocycles. The molecule has 3 aromatic rings. The molecule has 1 aromatic carbocycles. The van der Waals surface area contributed by atoms with Crippen LogP contribution in [-0.4, -0.2) is 21.0 Å². The number of aromatic nitrogens is 3. The summed E-state index contributed by atoms with van der Waals surface area (Å²) in [6, 6.07) is 12.8. The third-order valence-corrected chi connectivity index (χ3v) is 4.94. The third kappa shape index (κ3) is 3.73. The Bertz CT molecular complexity index is 906. The molecule has 7 heteroatoms. The van der Waals surface area contributed by atoms with E-state index in [0.29, 0.717) is 23.7 Å². The van der Waals surface area contributed by atoms with Crippen LogP contribution in [0.2, 0.25) is 0 Å². The van der Waals surface area contributed by atoms with E-state index in [4.69, 9.17) is 10.3 Å². The molecule has 2 heterocycles. The maximum atomic E-state index is 12.6. The van der Waals surface area contributed by atoms with Gasteiger partial charge in [-0.2, -0.15) is 4.98 Å². The second kappa shape index (κ2) is 7.28. The number of amides is 1. The average molecular weight is 363 g/mol. The highest BCUT2D eigenvalue weighted by molar-refractivity contribution is 5.94. The van der Waals surface area contributed by atoms with Crippen LogP contribution < -0.4 is 11.1 Å². The molecule has 0 bridgehead atoms. The van der Waals surface area contributed by atoms with Crippen LogP contribution in [0.1, 0.15) is 52.9 Å². The van der Waals surface area contributed by atoms with Gasteiger partial charge in [-0.3, -0.25) is 9.78 Å². The van der Waals surface area contributed by atoms with Gasteiger partial charge < -0.3 is 15.6 Å². The van der Waals surface area contributed by atoms with Crippen LogP contribution in [0.4, 0.5) is 0 Å². The summed E-state index contributed by atoms with van der Waals surface area (Å²) in [5.41, 5.74) is 7.33. The number of carbonyl (C=O) groups is 1. The number of nitrogens with zero attached hydrogens (tertiary/aromatic N) is 3. The average Bonchev–Trinajstić information content (AvgIpc) is 3.17. The third-order valence-electron chi connectivity index (χ3n) is 4.94. The van der Waals surface area contributed by atoms with Crippen molar-refractivity contribution in [2.45, 2.75) is 37.3 Å². The lowest BCUT2D eigenvalue weighted by atomic mass is 9.77. The van der Waals surface area contributed by atoms with Crippen molar-refractivity contribution in [2.24, 2.45) is 5.73 Å². The van der Waals surface area contributed by atoms with Crippen molar-refractivity contribution in [3.8, 4) is 0 Å². The highest BCUT2D eigenvalue weighted by Crippen LogP contribution is 2.37. The van der Waals surface area contributed by atoms with Gasteiger partial charge in [-0.25, -0.2) is 0 Å². The molecule has 2 aromatic heterocycles. The molecule has 138 valence electrons. The summed E-state index contributed by atoms with van der Waals surface area (Å²) < 4.78 is 5.49. The van der Waals surface area contributed by atoms with E-state index >= 15 is 0 Å². The quantitative estimate of drug-likeness (QED) is 0.697. The van der Waals surface area contributed by atoms with Gasteiger partial charge in [0.2, 0.25) is 5.89 Å². The van der Waals surface area contributed by atoms with Crippen molar-refractivity contribution in [3.05, 3.63) is 77.7 Å². The number of hydrogen-bond donors (Lipinski definition) is 2. The maximum Gasteiger partial charge on any atom is 0.253 e. The van der Waals surface area contributed by atoms with Gasteiger partial charge in [-0.15, -0.1) is 0 Å². The summed E-state index contributed by atoms with van der Waals surface area (Å²) in [4.78, 5) is 21.1.